The van der Waals surface area contributed by atoms with Crippen molar-refractivity contribution in [1.29, 1.82) is 0 Å². The Morgan fingerprint density at radius 3 is 1.32 bits per heavy atom. The molecule has 0 heterocycles. The second kappa shape index (κ2) is 11.6. The Balaban J connectivity index is 3.64. The van der Waals surface area contributed by atoms with Crippen LogP contribution >= 0.6 is 0 Å². The van der Waals surface area contributed by atoms with Gasteiger partial charge in [0.15, 0.2) is 0 Å². The van der Waals surface area contributed by atoms with E-state index in [4.69, 9.17) is 4.74 Å². The van der Waals surface area contributed by atoms with Gasteiger partial charge in [-0.3, -0.25) is 9.80 Å². The zero-order chi connectivity index (χ0) is 14.7. The lowest BCUT2D eigenvalue weighted by Gasteiger charge is -2.26. The van der Waals surface area contributed by atoms with Crippen LogP contribution in [0.2, 0.25) is 0 Å². The molecule has 0 fully saturated rings. The fourth-order valence-corrected chi connectivity index (χ4v) is 2.13. The highest BCUT2D eigenvalue weighted by molar-refractivity contribution is 4.59. The van der Waals surface area contributed by atoms with E-state index in [1.54, 1.807) is 0 Å². The number of nitrogens with zero attached hydrogens (tertiary/aromatic N) is 2. The summed E-state index contributed by atoms with van der Waals surface area (Å²) in [6, 6.07) is 0. The minimum absolute atomic E-state index is 0.428. The first-order valence-electron chi connectivity index (χ1n) is 7.52. The van der Waals surface area contributed by atoms with Crippen molar-refractivity contribution in [2.75, 3.05) is 39.4 Å². The van der Waals surface area contributed by atoms with Crippen molar-refractivity contribution < 1.29 is 14.9 Å². The molecule has 2 unspecified atom stereocenters. The van der Waals surface area contributed by atoms with Gasteiger partial charge in [-0.25, -0.2) is 0 Å². The SMILES string of the molecule is CCN(CC)C(O)CCOCCC(O)N(CC)CC. The number of hydrogen-bond donors (Lipinski definition) is 2. The third-order valence-corrected chi connectivity index (χ3v) is 3.51. The number of ether oxygens (including phenoxy) is 1. The molecule has 0 bridgehead atoms. The summed E-state index contributed by atoms with van der Waals surface area (Å²) in [7, 11) is 0. The first-order chi connectivity index (χ1) is 9.10. The third-order valence-electron chi connectivity index (χ3n) is 3.51. The molecule has 0 saturated carbocycles. The minimum Gasteiger partial charge on any atom is -0.381 e. The van der Waals surface area contributed by atoms with E-state index in [0.29, 0.717) is 26.1 Å². The van der Waals surface area contributed by atoms with E-state index < -0.39 is 12.5 Å². The Labute approximate surface area is 118 Å². The highest BCUT2D eigenvalue weighted by Gasteiger charge is 2.13. The van der Waals surface area contributed by atoms with E-state index in [2.05, 4.69) is 0 Å². The summed E-state index contributed by atoms with van der Waals surface area (Å²) in [5.74, 6) is 0. The predicted octanol–water partition coefficient (Wildman–Crippen LogP) is 1.10. The lowest BCUT2D eigenvalue weighted by Crippen LogP contribution is -2.36. The summed E-state index contributed by atoms with van der Waals surface area (Å²) < 4.78 is 5.48. The normalized spacial score (nSPS) is 15.2. The molecule has 0 spiro atoms. The number of aliphatic hydroxyl groups is 2. The molecule has 2 atom stereocenters. The van der Waals surface area contributed by atoms with E-state index in [1.165, 1.54) is 0 Å². The average molecular weight is 276 g/mol. The smallest absolute Gasteiger partial charge is 0.109 e. The van der Waals surface area contributed by atoms with E-state index in [-0.39, 0.29) is 0 Å². The van der Waals surface area contributed by atoms with Gasteiger partial charge in [0.25, 0.3) is 0 Å². The second-order valence-electron chi connectivity index (χ2n) is 4.59. The first-order valence-corrected chi connectivity index (χ1v) is 7.52. The molecule has 0 aromatic heterocycles. The highest BCUT2D eigenvalue weighted by atomic mass is 16.5. The first kappa shape index (κ1) is 18.8. The molecule has 0 aliphatic rings. The van der Waals surface area contributed by atoms with E-state index in [1.807, 2.05) is 37.5 Å². The lowest BCUT2D eigenvalue weighted by molar-refractivity contribution is -0.0356. The van der Waals surface area contributed by atoms with Crippen LogP contribution in [-0.4, -0.2) is 71.9 Å². The van der Waals surface area contributed by atoms with E-state index in [9.17, 15) is 10.2 Å². The number of aliphatic hydroxyl groups excluding tert-OH is 2. The van der Waals surface area contributed by atoms with Crippen molar-refractivity contribution in [1.82, 2.24) is 9.80 Å². The maximum absolute atomic E-state index is 9.87. The molecule has 0 radical (unpaired) electrons. The molecule has 0 aliphatic carbocycles. The predicted molar refractivity (Wildman–Crippen MR) is 77.9 cm³/mol. The maximum Gasteiger partial charge on any atom is 0.109 e. The molecular weight excluding hydrogens is 244 g/mol. The zero-order valence-electron chi connectivity index (χ0n) is 13.0. The van der Waals surface area contributed by atoms with Gasteiger partial charge in [-0.1, -0.05) is 27.7 Å². The zero-order valence-corrected chi connectivity index (χ0v) is 13.0. The maximum atomic E-state index is 9.87. The standard InChI is InChI=1S/C14H32N2O3/c1-5-15(6-2)13(17)9-11-19-12-10-14(18)16(7-3)8-4/h13-14,17-18H,5-12H2,1-4H3. The molecule has 0 aromatic carbocycles. The van der Waals surface area contributed by atoms with Crippen LogP contribution in [0.4, 0.5) is 0 Å². The molecule has 0 saturated heterocycles. The van der Waals surface area contributed by atoms with Gasteiger partial charge in [-0.2, -0.15) is 0 Å². The Kier molecular flexibility index (Phi) is 11.5. The van der Waals surface area contributed by atoms with Crippen LogP contribution in [0, 0.1) is 0 Å². The van der Waals surface area contributed by atoms with Crippen LogP contribution < -0.4 is 0 Å². The molecule has 0 aromatic rings. The van der Waals surface area contributed by atoms with Gasteiger partial charge in [0.05, 0.1) is 13.2 Å². The second-order valence-corrected chi connectivity index (χ2v) is 4.59. The highest BCUT2D eigenvalue weighted by Crippen LogP contribution is 2.03. The van der Waals surface area contributed by atoms with Crippen molar-refractivity contribution in [3.05, 3.63) is 0 Å². The van der Waals surface area contributed by atoms with Crippen molar-refractivity contribution in [3.63, 3.8) is 0 Å². The molecule has 2 N–H and O–H groups in total. The summed E-state index contributed by atoms with van der Waals surface area (Å²) in [5, 5.41) is 19.7. The Hall–Kier alpha value is -0.200. The Morgan fingerprint density at radius 1 is 0.737 bits per heavy atom. The van der Waals surface area contributed by atoms with Gasteiger partial charge in [0, 0.05) is 12.8 Å². The van der Waals surface area contributed by atoms with E-state index >= 15 is 0 Å². The van der Waals surface area contributed by atoms with Crippen molar-refractivity contribution in [3.8, 4) is 0 Å². The Bertz CT molecular complexity index is 177. The van der Waals surface area contributed by atoms with Gasteiger partial charge >= 0.3 is 0 Å². The fraction of sp³-hybridized carbons (Fsp3) is 1.00. The minimum atomic E-state index is -0.428. The van der Waals surface area contributed by atoms with Crippen LogP contribution in [0.1, 0.15) is 40.5 Å². The van der Waals surface area contributed by atoms with Crippen LogP contribution in [0.25, 0.3) is 0 Å². The van der Waals surface area contributed by atoms with Gasteiger partial charge < -0.3 is 14.9 Å². The van der Waals surface area contributed by atoms with Crippen LogP contribution in [-0.2, 0) is 4.74 Å². The monoisotopic (exact) mass is 276 g/mol. The van der Waals surface area contributed by atoms with Crippen molar-refractivity contribution >= 4 is 0 Å². The van der Waals surface area contributed by atoms with Gasteiger partial charge in [0.2, 0.25) is 0 Å². The summed E-state index contributed by atoms with van der Waals surface area (Å²) in [6.07, 6.45) is 0.372. The molecule has 0 aliphatic heterocycles. The van der Waals surface area contributed by atoms with Gasteiger partial charge in [0.1, 0.15) is 12.5 Å². The van der Waals surface area contributed by atoms with Crippen LogP contribution in [0.3, 0.4) is 0 Å². The molecule has 19 heavy (non-hydrogen) atoms. The third kappa shape index (κ3) is 7.84. The molecular formula is C14H32N2O3. The molecule has 0 rings (SSSR count). The quantitative estimate of drug-likeness (QED) is 0.413. The van der Waals surface area contributed by atoms with Crippen molar-refractivity contribution in [2.24, 2.45) is 0 Å². The largest absolute Gasteiger partial charge is 0.381 e. The summed E-state index contributed by atoms with van der Waals surface area (Å²) in [6.45, 7) is 12.6. The molecule has 0 amide bonds. The topological polar surface area (TPSA) is 56.2 Å². The average Bonchev–Trinajstić information content (AvgIpc) is 2.41. The summed E-state index contributed by atoms with van der Waals surface area (Å²) >= 11 is 0. The molecule has 116 valence electrons. The fourth-order valence-electron chi connectivity index (χ4n) is 2.13. The van der Waals surface area contributed by atoms with Gasteiger partial charge in [-0.05, 0) is 26.2 Å². The number of hydrogen-bond acceptors (Lipinski definition) is 5. The summed E-state index contributed by atoms with van der Waals surface area (Å²) in [5.41, 5.74) is 0. The Morgan fingerprint density at radius 2 is 1.05 bits per heavy atom. The van der Waals surface area contributed by atoms with Crippen LogP contribution in [0.5, 0.6) is 0 Å². The van der Waals surface area contributed by atoms with E-state index in [0.717, 1.165) is 26.2 Å². The lowest BCUT2D eigenvalue weighted by atomic mass is 10.3. The van der Waals surface area contributed by atoms with Crippen LogP contribution in [0.15, 0.2) is 0 Å². The van der Waals surface area contributed by atoms with Gasteiger partial charge in [-0.15, -0.1) is 0 Å². The summed E-state index contributed by atoms with van der Waals surface area (Å²) in [4.78, 5) is 3.99. The van der Waals surface area contributed by atoms with Crippen molar-refractivity contribution in [2.45, 2.75) is 53.0 Å². The molecule has 5 nitrogen and oxygen atoms in total. The number of rotatable bonds is 12. The molecule has 5 heteroatoms.